The first-order valence-electron chi connectivity index (χ1n) is 8.64. The molecule has 0 aromatic carbocycles. The Hall–Kier alpha value is -1.57. The molecular weight excluding hydrogens is 272 g/mol. The number of carbonyl (C=O) groups is 1. The second kappa shape index (κ2) is 17.5. The van der Waals surface area contributed by atoms with Gasteiger partial charge in [0.25, 0.3) is 0 Å². The minimum Gasteiger partial charge on any atom is -0.481 e. The van der Waals surface area contributed by atoms with Crippen molar-refractivity contribution < 1.29 is 9.90 Å². The second-order valence-corrected chi connectivity index (χ2v) is 5.47. The second-order valence-electron chi connectivity index (χ2n) is 5.47. The molecule has 0 aromatic heterocycles. The van der Waals surface area contributed by atoms with E-state index in [9.17, 15) is 4.79 Å². The lowest BCUT2D eigenvalue weighted by Gasteiger charge is -1.94. The quantitative estimate of drug-likeness (QED) is 0.305. The lowest BCUT2D eigenvalue weighted by atomic mass is 10.1. The van der Waals surface area contributed by atoms with Gasteiger partial charge in [-0.25, -0.2) is 0 Å². The van der Waals surface area contributed by atoms with Crippen LogP contribution in [-0.2, 0) is 4.79 Å². The number of carboxylic acids is 1. The van der Waals surface area contributed by atoms with E-state index in [0.29, 0.717) is 6.42 Å². The van der Waals surface area contributed by atoms with Gasteiger partial charge in [0, 0.05) is 6.42 Å². The Morgan fingerprint density at radius 1 is 0.727 bits per heavy atom. The van der Waals surface area contributed by atoms with Gasteiger partial charge in [-0.2, -0.15) is 0 Å². The summed E-state index contributed by atoms with van der Waals surface area (Å²) in [5.41, 5.74) is 0. The summed E-state index contributed by atoms with van der Waals surface area (Å²) >= 11 is 0. The number of hydrogen-bond acceptors (Lipinski definition) is 1. The van der Waals surface area contributed by atoms with Crippen LogP contribution in [0.1, 0.15) is 71.1 Å². The van der Waals surface area contributed by atoms with Gasteiger partial charge in [0.2, 0.25) is 0 Å². The van der Waals surface area contributed by atoms with E-state index in [4.69, 9.17) is 5.11 Å². The fourth-order valence-electron chi connectivity index (χ4n) is 2.01. The number of allylic oxidation sites excluding steroid dienone is 8. The standard InChI is InChI=1S/C20H32O2/c1-2-3-4-5-6-7-8-9-10-11-12-13-14-15-16-17-18-19-20(21)22/h7-14H,2-6,15-19H2,1H3,(H,21,22). The lowest BCUT2D eigenvalue weighted by molar-refractivity contribution is -0.137. The van der Waals surface area contributed by atoms with Gasteiger partial charge in [0.1, 0.15) is 0 Å². The first kappa shape index (κ1) is 20.4. The van der Waals surface area contributed by atoms with Gasteiger partial charge in [0.05, 0.1) is 0 Å². The van der Waals surface area contributed by atoms with E-state index in [1.807, 2.05) is 18.2 Å². The molecule has 1 N–H and O–H groups in total. The van der Waals surface area contributed by atoms with Crippen molar-refractivity contribution in [3.63, 3.8) is 0 Å². The van der Waals surface area contributed by atoms with Crippen LogP contribution in [0, 0.1) is 0 Å². The molecule has 0 radical (unpaired) electrons. The van der Waals surface area contributed by atoms with Gasteiger partial charge in [-0.1, -0.05) is 81.2 Å². The summed E-state index contributed by atoms with van der Waals surface area (Å²) in [4.78, 5) is 10.3. The Balaban J connectivity index is 3.44. The number of aliphatic carboxylic acids is 1. The summed E-state index contributed by atoms with van der Waals surface area (Å²) in [6.45, 7) is 2.23. The molecule has 0 fully saturated rings. The van der Waals surface area contributed by atoms with Crippen molar-refractivity contribution in [1.82, 2.24) is 0 Å². The third kappa shape index (κ3) is 18.4. The highest BCUT2D eigenvalue weighted by Crippen LogP contribution is 2.04. The molecule has 2 heteroatoms. The number of hydrogen-bond donors (Lipinski definition) is 1. The molecule has 0 bridgehead atoms. The van der Waals surface area contributed by atoms with Crippen molar-refractivity contribution in [3.05, 3.63) is 48.6 Å². The molecule has 0 rings (SSSR count). The molecule has 0 amide bonds. The van der Waals surface area contributed by atoms with E-state index >= 15 is 0 Å². The zero-order valence-corrected chi connectivity index (χ0v) is 14.0. The molecule has 0 atom stereocenters. The van der Waals surface area contributed by atoms with Crippen molar-refractivity contribution in [2.45, 2.75) is 71.1 Å². The van der Waals surface area contributed by atoms with Crippen LogP contribution in [-0.4, -0.2) is 11.1 Å². The van der Waals surface area contributed by atoms with Crippen molar-refractivity contribution in [2.75, 3.05) is 0 Å². The van der Waals surface area contributed by atoms with E-state index in [1.165, 1.54) is 32.1 Å². The van der Waals surface area contributed by atoms with Crippen LogP contribution in [0.4, 0.5) is 0 Å². The van der Waals surface area contributed by atoms with Crippen LogP contribution in [0.15, 0.2) is 48.6 Å². The number of unbranched alkanes of at least 4 members (excludes halogenated alkanes) is 7. The highest BCUT2D eigenvalue weighted by molar-refractivity contribution is 5.66. The van der Waals surface area contributed by atoms with Crippen molar-refractivity contribution in [1.29, 1.82) is 0 Å². The highest BCUT2D eigenvalue weighted by Gasteiger charge is 1.94. The summed E-state index contributed by atoms with van der Waals surface area (Å²) in [7, 11) is 0. The van der Waals surface area contributed by atoms with Gasteiger partial charge in [-0.05, 0) is 32.1 Å². The van der Waals surface area contributed by atoms with Crippen LogP contribution in [0.3, 0.4) is 0 Å². The fourth-order valence-corrected chi connectivity index (χ4v) is 2.01. The van der Waals surface area contributed by atoms with Gasteiger partial charge in [0.15, 0.2) is 0 Å². The van der Waals surface area contributed by atoms with Crippen LogP contribution in [0.25, 0.3) is 0 Å². The first-order chi connectivity index (χ1) is 10.8. The van der Waals surface area contributed by atoms with E-state index in [-0.39, 0.29) is 0 Å². The molecule has 0 unspecified atom stereocenters. The van der Waals surface area contributed by atoms with E-state index in [0.717, 1.165) is 25.7 Å². The lowest BCUT2D eigenvalue weighted by Crippen LogP contribution is -1.93. The van der Waals surface area contributed by atoms with Crippen molar-refractivity contribution >= 4 is 5.97 Å². The molecular formula is C20H32O2. The monoisotopic (exact) mass is 304 g/mol. The third-order valence-electron chi connectivity index (χ3n) is 3.31. The molecule has 22 heavy (non-hydrogen) atoms. The topological polar surface area (TPSA) is 37.3 Å². The smallest absolute Gasteiger partial charge is 0.303 e. The molecule has 0 saturated carbocycles. The SMILES string of the molecule is CCCCCCC=CC=CC=CC=CCCCCCC(=O)O. The Morgan fingerprint density at radius 2 is 1.23 bits per heavy atom. The fraction of sp³-hybridized carbons (Fsp3) is 0.550. The number of carboxylic acid groups (broad SMARTS) is 1. The zero-order chi connectivity index (χ0) is 16.3. The molecule has 0 saturated heterocycles. The Kier molecular flexibility index (Phi) is 16.2. The molecule has 0 spiro atoms. The van der Waals surface area contributed by atoms with Gasteiger partial charge in [-0.15, -0.1) is 0 Å². The molecule has 0 aliphatic rings. The predicted molar refractivity (Wildman–Crippen MR) is 96.0 cm³/mol. The molecule has 0 aromatic rings. The highest BCUT2D eigenvalue weighted by atomic mass is 16.4. The van der Waals surface area contributed by atoms with E-state index in [2.05, 4.69) is 37.3 Å². The molecule has 0 aliphatic carbocycles. The summed E-state index contributed by atoms with van der Waals surface area (Å²) in [5.74, 6) is -0.694. The van der Waals surface area contributed by atoms with Crippen molar-refractivity contribution in [2.24, 2.45) is 0 Å². The Labute approximate surface area is 136 Å². The summed E-state index contributed by atoms with van der Waals surface area (Å²) in [5, 5.41) is 8.50. The van der Waals surface area contributed by atoms with Crippen LogP contribution in [0.2, 0.25) is 0 Å². The average molecular weight is 304 g/mol. The van der Waals surface area contributed by atoms with Crippen LogP contribution >= 0.6 is 0 Å². The molecule has 124 valence electrons. The maximum absolute atomic E-state index is 10.3. The summed E-state index contributed by atoms with van der Waals surface area (Å²) in [6.07, 6.45) is 27.3. The minimum absolute atomic E-state index is 0.292. The van der Waals surface area contributed by atoms with Crippen LogP contribution < -0.4 is 0 Å². The van der Waals surface area contributed by atoms with Crippen molar-refractivity contribution in [3.8, 4) is 0 Å². The van der Waals surface area contributed by atoms with E-state index < -0.39 is 5.97 Å². The maximum Gasteiger partial charge on any atom is 0.303 e. The third-order valence-corrected chi connectivity index (χ3v) is 3.31. The Bertz CT molecular complexity index is 362. The summed E-state index contributed by atoms with van der Waals surface area (Å²) in [6, 6.07) is 0. The van der Waals surface area contributed by atoms with Gasteiger partial charge >= 0.3 is 5.97 Å². The molecule has 0 aliphatic heterocycles. The molecule has 2 nitrogen and oxygen atoms in total. The Morgan fingerprint density at radius 3 is 1.73 bits per heavy atom. The largest absolute Gasteiger partial charge is 0.481 e. The summed E-state index contributed by atoms with van der Waals surface area (Å²) < 4.78 is 0. The van der Waals surface area contributed by atoms with Gasteiger partial charge in [-0.3, -0.25) is 4.79 Å². The average Bonchev–Trinajstić information content (AvgIpc) is 2.50. The van der Waals surface area contributed by atoms with E-state index in [1.54, 1.807) is 0 Å². The zero-order valence-electron chi connectivity index (χ0n) is 14.0. The normalized spacial score (nSPS) is 12.4. The predicted octanol–water partition coefficient (Wildman–Crippen LogP) is 6.22. The molecule has 0 heterocycles. The first-order valence-corrected chi connectivity index (χ1v) is 8.64. The number of rotatable bonds is 14. The maximum atomic E-state index is 10.3. The van der Waals surface area contributed by atoms with Gasteiger partial charge < -0.3 is 5.11 Å². The van der Waals surface area contributed by atoms with Crippen LogP contribution in [0.5, 0.6) is 0 Å². The minimum atomic E-state index is -0.694.